The molecule has 0 heterocycles. The molecule has 110 valence electrons. The first kappa shape index (κ1) is 14.7. The maximum atomic E-state index is 14.0. The summed E-state index contributed by atoms with van der Waals surface area (Å²) in [7, 11) is 0. The molecule has 4 heteroatoms. The van der Waals surface area contributed by atoms with Crippen LogP contribution in [-0.2, 0) is 12.8 Å². The first-order valence-corrected chi connectivity index (χ1v) is 7.80. The van der Waals surface area contributed by atoms with Crippen molar-refractivity contribution in [3.05, 3.63) is 68.7 Å². The monoisotopic (exact) mass is 352 g/mol. The zero-order valence-corrected chi connectivity index (χ0v) is 13.0. The summed E-state index contributed by atoms with van der Waals surface area (Å²) in [6, 6.07) is 7.93. The summed E-state index contributed by atoms with van der Waals surface area (Å²) in [4.78, 5) is 0. The Morgan fingerprint density at radius 2 is 1.57 bits per heavy atom. The molecule has 0 radical (unpaired) electrons. The van der Waals surface area contributed by atoms with Crippen LogP contribution in [0.4, 0.5) is 8.78 Å². The van der Waals surface area contributed by atoms with Crippen LogP contribution >= 0.6 is 15.9 Å². The normalized spacial score (nSPS) is 15.6. The number of aliphatic hydroxyl groups is 1. The molecule has 0 saturated carbocycles. The van der Waals surface area contributed by atoms with Gasteiger partial charge in [-0.3, -0.25) is 0 Å². The number of halogens is 3. The van der Waals surface area contributed by atoms with E-state index in [4.69, 9.17) is 0 Å². The summed E-state index contributed by atoms with van der Waals surface area (Å²) < 4.78 is 28.2. The van der Waals surface area contributed by atoms with E-state index in [0.29, 0.717) is 10.0 Å². The Morgan fingerprint density at radius 3 is 2.24 bits per heavy atom. The first-order chi connectivity index (χ1) is 10.1. The molecule has 21 heavy (non-hydrogen) atoms. The zero-order chi connectivity index (χ0) is 15.0. The molecule has 0 saturated heterocycles. The number of aliphatic hydroxyl groups excluding tert-OH is 1. The fraction of sp³-hybridized carbons (Fsp3) is 0.294. The lowest BCUT2D eigenvalue weighted by molar-refractivity contribution is 0.209. The fourth-order valence-electron chi connectivity index (χ4n) is 2.90. The second-order valence-corrected chi connectivity index (χ2v) is 6.34. The molecule has 1 unspecified atom stereocenters. The van der Waals surface area contributed by atoms with Crippen molar-refractivity contribution >= 4 is 15.9 Å². The summed E-state index contributed by atoms with van der Waals surface area (Å²) in [5, 5.41) is 10.4. The van der Waals surface area contributed by atoms with Gasteiger partial charge >= 0.3 is 0 Å². The van der Waals surface area contributed by atoms with E-state index >= 15 is 0 Å². The number of aryl methyl sites for hydroxylation is 2. The molecule has 1 aliphatic carbocycles. The highest BCUT2D eigenvalue weighted by molar-refractivity contribution is 9.10. The van der Waals surface area contributed by atoms with Crippen molar-refractivity contribution in [2.24, 2.45) is 0 Å². The molecule has 2 aromatic carbocycles. The maximum Gasteiger partial charge on any atom is 0.133 e. The Kier molecular flexibility index (Phi) is 4.09. The molecular formula is C17H15BrF2O. The molecule has 0 bridgehead atoms. The van der Waals surface area contributed by atoms with E-state index in [1.807, 2.05) is 12.1 Å². The maximum absolute atomic E-state index is 14.0. The molecule has 2 aromatic rings. The molecule has 0 fully saturated rings. The minimum absolute atomic E-state index is 0.297. The lowest BCUT2D eigenvalue weighted by Gasteiger charge is -2.19. The van der Waals surface area contributed by atoms with Gasteiger partial charge in [-0.1, -0.05) is 34.1 Å². The summed E-state index contributed by atoms with van der Waals surface area (Å²) in [5.41, 5.74) is 2.69. The summed E-state index contributed by atoms with van der Waals surface area (Å²) in [6.45, 7) is 0. The SMILES string of the molecule is OC(c1ccc2c(c1)CCCC2)c1c(F)cc(Br)cc1F. The van der Waals surface area contributed by atoms with Crippen LogP contribution in [0.15, 0.2) is 34.8 Å². The molecule has 1 nitrogen and oxygen atoms in total. The van der Waals surface area contributed by atoms with E-state index in [1.54, 1.807) is 6.07 Å². The van der Waals surface area contributed by atoms with Gasteiger partial charge in [-0.2, -0.15) is 0 Å². The van der Waals surface area contributed by atoms with E-state index in [-0.39, 0.29) is 5.56 Å². The van der Waals surface area contributed by atoms with Crippen LogP contribution < -0.4 is 0 Å². The number of benzene rings is 2. The van der Waals surface area contributed by atoms with Crippen LogP contribution in [0.2, 0.25) is 0 Å². The molecule has 0 spiro atoms. The molecule has 3 rings (SSSR count). The highest BCUT2D eigenvalue weighted by Crippen LogP contribution is 2.31. The molecule has 0 amide bonds. The van der Waals surface area contributed by atoms with E-state index in [1.165, 1.54) is 29.7 Å². The summed E-state index contributed by atoms with van der Waals surface area (Å²) in [6.07, 6.45) is 3.00. The Hall–Kier alpha value is -1.26. The van der Waals surface area contributed by atoms with Crippen LogP contribution in [0.3, 0.4) is 0 Å². The lowest BCUT2D eigenvalue weighted by atomic mass is 9.88. The topological polar surface area (TPSA) is 20.2 Å². The minimum Gasteiger partial charge on any atom is -0.383 e. The molecule has 1 atom stereocenters. The fourth-order valence-corrected chi connectivity index (χ4v) is 3.31. The lowest BCUT2D eigenvalue weighted by Crippen LogP contribution is -2.09. The van der Waals surface area contributed by atoms with E-state index in [9.17, 15) is 13.9 Å². The second-order valence-electron chi connectivity index (χ2n) is 5.42. The smallest absolute Gasteiger partial charge is 0.133 e. The average molecular weight is 353 g/mol. The van der Waals surface area contributed by atoms with Crippen molar-refractivity contribution in [1.29, 1.82) is 0 Å². The predicted molar refractivity (Wildman–Crippen MR) is 81.2 cm³/mol. The molecular weight excluding hydrogens is 338 g/mol. The van der Waals surface area contributed by atoms with E-state index in [0.717, 1.165) is 19.3 Å². The van der Waals surface area contributed by atoms with Gasteiger partial charge in [-0.25, -0.2) is 8.78 Å². The third-order valence-corrected chi connectivity index (χ3v) is 4.46. The van der Waals surface area contributed by atoms with Gasteiger partial charge in [0.1, 0.15) is 17.7 Å². The van der Waals surface area contributed by atoms with Crippen molar-refractivity contribution in [2.75, 3.05) is 0 Å². The van der Waals surface area contributed by atoms with Gasteiger partial charge in [-0.05, 0) is 54.5 Å². The Labute approximate surface area is 130 Å². The van der Waals surface area contributed by atoms with Gasteiger partial charge in [0.25, 0.3) is 0 Å². The summed E-state index contributed by atoms with van der Waals surface area (Å²) >= 11 is 3.04. The van der Waals surface area contributed by atoms with Crippen LogP contribution in [0.25, 0.3) is 0 Å². The highest BCUT2D eigenvalue weighted by Gasteiger charge is 2.22. The number of rotatable bonds is 2. The van der Waals surface area contributed by atoms with Crippen molar-refractivity contribution in [2.45, 2.75) is 31.8 Å². The highest BCUT2D eigenvalue weighted by atomic mass is 79.9. The standard InChI is InChI=1S/C17H15BrF2O/c18-13-8-14(19)16(15(20)9-13)17(21)12-6-5-10-3-1-2-4-11(10)7-12/h5-9,17,21H,1-4H2. The van der Waals surface area contributed by atoms with Gasteiger partial charge in [0, 0.05) is 4.47 Å². The second kappa shape index (κ2) is 5.85. The van der Waals surface area contributed by atoms with E-state index < -0.39 is 17.7 Å². The molecule has 0 aromatic heterocycles. The number of fused-ring (bicyclic) bond motifs is 1. The molecule has 1 N–H and O–H groups in total. The van der Waals surface area contributed by atoms with E-state index in [2.05, 4.69) is 15.9 Å². The van der Waals surface area contributed by atoms with Gasteiger partial charge < -0.3 is 5.11 Å². The number of hydrogen-bond acceptors (Lipinski definition) is 1. The molecule has 0 aliphatic heterocycles. The van der Waals surface area contributed by atoms with Crippen molar-refractivity contribution < 1.29 is 13.9 Å². The van der Waals surface area contributed by atoms with Crippen LogP contribution in [0, 0.1) is 11.6 Å². The van der Waals surface area contributed by atoms with Crippen LogP contribution in [0.1, 0.15) is 41.2 Å². The van der Waals surface area contributed by atoms with Crippen LogP contribution in [0.5, 0.6) is 0 Å². The minimum atomic E-state index is -1.29. The zero-order valence-electron chi connectivity index (χ0n) is 11.4. The van der Waals surface area contributed by atoms with Crippen molar-refractivity contribution in [3.63, 3.8) is 0 Å². The largest absolute Gasteiger partial charge is 0.383 e. The summed E-state index contributed by atoms with van der Waals surface area (Å²) in [5.74, 6) is -1.49. The predicted octanol–water partition coefficient (Wildman–Crippen LogP) is 4.69. The Bertz CT molecular complexity index is 661. The Morgan fingerprint density at radius 1 is 0.952 bits per heavy atom. The van der Waals surface area contributed by atoms with Crippen molar-refractivity contribution in [1.82, 2.24) is 0 Å². The van der Waals surface area contributed by atoms with Crippen LogP contribution in [-0.4, -0.2) is 5.11 Å². The van der Waals surface area contributed by atoms with Gasteiger partial charge in [-0.15, -0.1) is 0 Å². The third-order valence-electron chi connectivity index (χ3n) is 4.01. The van der Waals surface area contributed by atoms with Gasteiger partial charge in [0.2, 0.25) is 0 Å². The Balaban J connectivity index is 2.01. The first-order valence-electron chi connectivity index (χ1n) is 7.00. The quantitative estimate of drug-likeness (QED) is 0.831. The third kappa shape index (κ3) is 2.87. The average Bonchev–Trinajstić information content (AvgIpc) is 2.45. The van der Waals surface area contributed by atoms with Crippen molar-refractivity contribution in [3.8, 4) is 0 Å². The molecule has 1 aliphatic rings. The van der Waals surface area contributed by atoms with Gasteiger partial charge in [0.05, 0.1) is 5.56 Å². The van der Waals surface area contributed by atoms with Gasteiger partial charge in [0.15, 0.2) is 0 Å². The number of hydrogen-bond donors (Lipinski definition) is 1.